The van der Waals surface area contributed by atoms with Crippen molar-refractivity contribution in [1.82, 2.24) is 0 Å². The van der Waals surface area contributed by atoms with E-state index in [0.717, 1.165) is 18.2 Å². The number of rotatable bonds is 6. The number of carbonyl (C=O) groups excluding carboxylic acids is 1. The fraction of sp³-hybridized carbons (Fsp3) is 0.188. The molecule has 0 radical (unpaired) electrons. The Labute approximate surface area is 121 Å². The van der Waals surface area contributed by atoms with Crippen LogP contribution in [0.5, 0.6) is 11.5 Å². The van der Waals surface area contributed by atoms with E-state index in [2.05, 4.69) is 0 Å². The Kier molecular flexibility index (Phi) is 4.87. The van der Waals surface area contributed by atoms with Gasteiger partial charge in [-0.05, 0) is 49.4 Å². The molecule has 0 fully saturated rings. The number of hydrogen-bond acceptors (Lipinski definition) is 3. The summed E-state index contributed by atoms with van der Waals surface area (Å²) >= 11 is 0. The van der Waals surface area contributed by atoms with E-state index >= 15 is 0 Å². The zero-order valence-corrected chi connectivity index (χ0v) is 11.4. The number of ether oxygens (including phenoxy) is 2. The second-order valence-electron chi connectivity index (χ2n) is 4.24. The van der Waals surface area contributed by atoms with Crippen LogP contribution in [0.3, 0.4) is 0 Å². The molecule has 110 valence electrons. The number of hydrogen-bond donors (Lipinski definition) is 0. The lowest BCUT2D eigenvalue weighted by atomic mass is 10.1. The molecule has 0 aliphatic heterocycles. The molecular formula is C16H14F2O3. The molecule has 0 saturated heterocycles. The lowest BCUT2D eigenvalue weighted by Gasteiger charge is -2.08. The molecule has 0 unspecified atom stereocenters. The molecule has 0 aliphatic carbocycles. The average molecular weight is 292 g/mol. The Morgan fingerprint density at radius 2 is 1.62 bits per heavy atom. The summed E-state index contributed by atoms with van der Waals surface area (Å²) in [5.74, 6) is -0.922. The highest BCUT2D eigenvalue weighted by Crippen LogP contribution is 2.18. The van der Waals surface area contributed by atoms with Gasteiger partial charge in [-0.15, -0.1) is 0 Å². The molecule has 0 N–H and O–H groups in total. The van der Waals surface area contributed by atoms with E-state index in [4.69, 9.17) is 9.47 Å². The third-order valence-corrected chi connectivity index (χ3v) is 2.73. The zero-order chi connectivity index (χ0) is 15.2. The lowest BCUT2D eigenvalue weighted by molar-refractivity contribution is 0.0917. The van der Waals surface area contributed by atoms with Crippen molar-refractivity contribution in [2.24, 2.45) is 0 Å². The minimum atomic E-state index is -0.767. The number of halogens is 2. The molecule has 0 amide bonds. The molecule has 0 bridgehead atoms. The standard InChI is InChI=1S/C16H14F2O3/c1-2-20-12-4-6-13(7-5-12)21-10-16(19)14-9-11(17)3-8-15(14)18/h3-9H,2,10H2,1H3. The maximum Gasteiger partial charge on any atom is 0.203 e. The summed E-state index contributed by atoms with van der Waals surface area (Å²) in [7, 11) is 0. The van der Waals surface area contributed by atoms with Gasteiger partial charge in [-0.25, -0.2) is 8.78 Å². The molecule has 0 spiro atoms. The SMILES string of the molecule is CCOc1ccc(OCC(=O)c2cc(F)ccc2F)cc1. The summed E-state index contributed by atoms with van der Waals surface area (Å²) in [5.41, 5.74) is -0.319. The molecule has 5 heteroatoms. The summed E-state index contributed by atoms with van der Waals surface area (Å²) < 4.78 is 37.0. The van der Waals surface area contributed by atoms with Crippen molar-refractivity contribution in [3.05, 3.63) is 59.7 Å². The first-order valence-corrected chi connectivity index (χ1v) is 6.44. The Hall–Kier alpha value is -2.43. The minimum absolute atomic E-state index is 0.319. The third-order valence-electron chi connectivity index (χ3n) is 2.73. The molecule has 0 saturated carbocycles. The normalized spacial score (nSPS) is 10.2. The predicted molar refractivity (Wildman–Crippen MR) is 73.8 cm³/mol. The van der Waals surface area contributed by atoms with E-state index in [1.807, 2.05) is 6.92 Å². The summed E-state index contributed by atoms with van der Waals surface area (Å²) in [6, 6.07) is 9.41. The van der Waals surface area contributed by atoms with Gasteiger partial charge in [0.1, 0.15) is 23.1 Å². The lowest BCUT2D eigenvalue weighted by Crippen LogP contribution is -2.13. The Balaban J connectivity index is 1.99. The number of ketones is 1. The largest absolute Gasteiger partial charge is 0.494 e. The quantitative estimate of drug-likeness (QED) is 0.763. The fourth-order valence-electron chi connectivity index (χ4n) is 1.74. The van der Waals surface area contributed by atoms with Crippen LogP contribution in [0.25, 0.3) is 0 Å². The van der Waals surface area contributed by atoms with Gasteiger partial charge < -0.3 is 9.47 Å². The summed E-state index contributed by atoms with van der Waals surface area (Å²) in [5, 5.41) is 0. The first kappa shape index (κ1) is 15.0. The van der Waals surface area contributed by atoms with Gasteiger partial charge in [-0.2, -0.15) is 0 Å². The van der Waals surface area contributed by atoms with E-state index in [1.54, 1.807) is 24.3 Å². The van der Waals surface area contributed by atoms with E-state index in [1.165, 1.54) is 0 Å². The summed E-state index contributed by atoms with van der Waals surface area (Å²) in [6.45, 7) is 2.06. The van der Waals surface area contributed by atoms with Crippen LogP contribution in [-0.4, -0.2) is 19.0 Å². The highest BCUT2D eigenvalue weighted by atomic mass is 19.1. The van der Waals surface area contributed by atoms with Gasteiger partial charge in [-0.1, -0.05) is 0 Å². The topological polar surface area (TPSA) is 35.5 Å². The van der Waals surface area contributed by atoms with Gasteiger partial charge in [0.05, 0.1) is 12.2 Å². The maximum atomic E-state index is 13.4. The van der Waals surface area contributed by atoms with Crippen molar-refractivity contribution in [2.45, 2.75) is 6.92 Å². The van der Waals surface area contributed by atoms with E-state index in [9.17, 15) is 13.6 Å². The first-order valence-electron chi connectivity index (χ1n) is 6.44. The van der Waals surface area contributed by atoms with Gasteiger partial charge in [-0.3, -0.25) is 4.79 Å². The van der Waals surface area contributed by atoms with Gasteiger partial charge in [0.25, 0.3) is 0 Å². The molecule has 3 nitrogen and oxygen atoms in total. The van der Waals surface area contributed by atoms with Crippen LogP contribution >= 0.6 is 0 Å². The Morgan fingerprint density at radius 1 is 1.00 bits per heavy atom. The Morgan fingerprint density at radius 3 is 2.24 bits per heavy atom. The van der Waals surface area contributed by atoms with Crippen molar-refractivity contribution < 1.29 is 23.0 Å². The monoisotopic (exact) mass is 292 g/mol. The molecular weight excluding hydrogens is 278 g/mol. The van der Waals surface area contributed by atoms with Crippen molar-refractivity contribution in [2.75, 3.05) is 13.2 Å². The number of carbonyl (C=O) groups is 1. The second-order valence-corrected chi connectivity index (χ2v) is 4.24. The molecule has 0 atom stereocenters. The third kappa shape index (κ3) is 4.02. The summed E-state index contributed by atoms with van der Waals surface area (Å²) in [6.07, 6.45) is 0. The Bertz CT molecular complexity index is 624. The predicted octanol–water partition coefficient (Wildman–Crippen LogP) is 3.63. The number of benzene rings is 2. The maximum absolute atomic E-state index is 13.4. The van der Waals surface area contributed by atoms with Crippen LogP contribution in [0.15, 0.2) is 42.5 Å². The van der Waals surface area contributed by atoms with Crippen LogP contribution in [0.1, 0.15) is 17.3 Å². The fourth-order valence-corrected chi connectivity index (χ4v) is 1.74. The van der Waals surface area contributed by atoms with Crippen LogP contribution in [-0.2, 0) is 0 Å². The second kappa shape index (κ2) is 6.83. The molecule has 0 heterocycles. The molecule has 0 aromatic heterocycles. The highest BCUT2D eigenvalue weighted by Gasteiger charge is 2.13. The number of Topliss-reactive ketones (excluding diaryl/α,β-unsaturated/α-hetero) is 1. The highest BCUT2D eigenvalue weighted by molar-refractivity contribution is 5.97. The van der Waals surface area contributed by atoms with E-state index < -0.39 is 17.4 Å². The van der Waals surface area contributed by atoms with Gasteiger partial charge >= 0.3 is 0 Å². The van der Waals surface area contributed by atoms with Gasteiger partial charge in [0.15, 0.2) is 6.61 Å². The van der Waals surface area contributed by atoms with Crippen LogP contribution in [0.4, 0.5) is 8.78 Å². The van der Waals surface area contributed by atoms with Crippen molar-refractivity contribution in [1.29, 1.82) is 0 Å². The average Bonchev–Trinajstić information content (AvgIpc) is 2.49. The van der Waals surface area contributed by atoms with Gasteiger partial charge in [0, 0.05) is 0 Å². The van der Waals surface area contributed by atoms with E-state index in [-0.39, 0.29) is 12.2 Å². The molecule has 21 heavy (non-hydrogen) atoms. The van der Waals surface area contributed by atoms with Gasteiger partial charge in [0.2, 0.25) is 5.78 Å². The molecule has 2 aromatic rings. The van der Waals surface area contributed by atoms with Crippen LogP contribution < -0.4 is 9.47 Å². The first-order chi connectivity index (χ1) is 10.1. The summed E-state index contributed by atoms with van der Waals surface area (Å²) in [4.78, 5) is 11.8. The minimum Gasteiger partial charge on any atom is -0.494 e. The van der Waals surface area contributed by atoms with Crippen LogP contribution in [0.2, 0.25) is 0 Å². The smallest absolute Gasteiger partial charge is 0.203 e. The van der Waals surface area contributed by atoms with Crippen molar-refractivity contribution in [3.8, 4) is 11.5 Å². The molecule has 2 rings (SSSR count). The molecule has 0 aliphatic rings. The van der Waals surface area contributed by atoms with Crippen molar-refractivity contribution >= 4 is 5.78 Å². The van der Waals surface area contributed by atoms with Crippen LogP contribution in [0, 0.1) is 11.6 Å². The molecule has 2 aromatic carbocycles. The zero-order valence-electron chi connectivity index (χ0n) is 11.4. The van der Waals surface area contributed by atoms with Crippen molar-refractivity contribution in [3.63, 3.8) is 0 Å². The van der Waals surface area contributed by atoms with E-state index in [0.29, 0.717) is 18.1 Å².